The molecule has 0 heterocycles. The standard InChI is InChI=1S/C16H16Cl2N4O2/c1-23-15-7-10(8-21-22-16(19)20)5-6-14(15)24-9-11-12(17)3-2-4-13(11)18/h2-8H,9H2,1H3,(H4,19,20,22). The minimum atomic E-state index is -0.116. The third-order valence-electron chi connectivity index (χ3n) is 3.00. The van der Waals surface area contributed by atoms with Gasteiger partial charge in [-0.25, -0.2) is 0 Å². The van der Waals surface area contributed by atoms with Crippen molar-refractivity contribution in [2.75, 3.05) is 7.11 Å². The zero-order valence-corrected chi connectivity index (χ0v) is 14.4. The Balaban J connectivity index is 2.16. The molecule has 4 N–H and O–H groups in total. The summed E-state index contributed by atoms with van der Waals surface area (Å²) in [6.07, 6.45) is 1.50. The maximum atomic E-state index is 6.13. The van der Waals surface area contributed by atoms with Crippen LogP contribution in [0.1, 0.15) is 11.1 Å². The van der Waals surface area contributed by atoms with Crippen molar-refractivity contribution in [2.45, 2.75) is 6.61 Å². The Bertz CT molecular complexity index is 754. The topological polar surface area (TPSA) is 95.2 Å². The van der Waals surface area contributed by atoms with Crippen LogP contribution >= 0.6 is 23.2 Å². The molecule has 2 rings (SSSR count). The average Bonchev–Trinajstić information content (AvgIpc) is 2.54. The van der Waals surface area contributed by atoms with Gasteiger partial charge in [-0.2, -0.15) is 5.10 Å². The van der Waals surface area contributed by atoms with Gasteiger partial charge in [-0.3, -0.25) is 0 Å². The molecule has 126 valence electrons. The highest BCUT2D eigenvalue weighted by molar-refractivity contribution is 6.35. The zero-order valence-electron chi connectivity index (χ0n) is 12.9. The van der Waals surface area contributed by atoms with Gasteiger partial charge in [0.1, 0.15) is 6.61 Å². The van der Waals surface area contributed by atoms with E-state index in [0.29, 0.717) is 27.1 Å². The molecular weight excluding hydrogens is 351 g/mol. The number of nitrogens with two attached hydrogens (primary N) is 2. The number of rotatable bonds is 6. The first-order valence-corrected chi connectivity index (χ1v) is 7.62. The van der Waals surface area contributed by atoms with Crippen molar-refractivity contribution in [1.29, 1.82) is 0 Å². The summed E-state index contributed by atoms with van der Waals surface area (Å²) in [7, 11) is 1.54. The second-order valence-corrected chi connectivity index (χ2v) is 5.48. The van der Waals surface area contributed by atoms with Crippen LogP contribution in [-0.2, 0) is 6.61 Å². The highest BCUT2D eigenvalue weighted by atomic mass is 35.5. The van der Waals surface area contributed by atoms with Crippen molar-refractivity contribution in [3.8, 4) is 11.5 Å². The second-order valence-electron chi connectivity index (χ2n) is 4.67. The largest absolute Gasteiger partial charge is 0.493 e. The number of guanidine groups is 1. The predicted molar refractivity (Wildman–Crippen MR) is 97.2 cm³/mol. The van der Waals surface area contributed by atoms with Gasteiger partial charge in [0.15, 0.2) is 11.5 Å². The summed E-state index contributed by atoms with van der Waals surface area (Å²) >= 11 is 12.3. The third kappa shape index (κ3) is 4.78. The van der Waals surface area contributed by atoms with Gasteiger partial charge >= 0.3 is 0 Å². The van der Waals surface area contributed by atoms with Crippen LogP contribution in [0.5, 0.6) is 11.5 Å². The third-order valence-corrected chi connectivity index (χ3v) is 3.71. The molecule has 24 heavy (non-hydrogen) atoms. The number of halogens is 2. The maximum Gasteiger partial charge on any atom is 0.211 e. The molecule has 0 aliphatic heterocycles. The van der Waals surface area contributed by atoms with Gasteiger partial charge in [0.05, 0.1) is 13.3 Å². The van der Waals surface area contributed by atoms with E-state index in [2.05, 4.69) is 10.2 Å². The minimum absolute atomic E-state index is 0.116. The molecule has 0 unspecified atom stereocenters. The number of ether oxygens (including phenoxy) is 2. The van der Waals surface area contributed by atoms with Crippen LogP contribution in [0.25, 0.3) is 0 Å². The zero-order chi connectivity index (χ0) is 17.5. The molecule has 0 aliphatic rings. The van der Waals surface area contributed by atoms with Gasteiger partial charge in [0, 0.05) is 15.6 Å². The molecule has 0 spiro atoms. The van der Waals surface area contributed by atoms with E-state index >= 15 is 0 Å². The number of methoxy groups -OCH3 is 1. The molecule has 6 nitrogen and oxygen atoms in total. The van der Waals surface area contributed by atoms with E-state index in [4.69, 9.17) is 44.1 Å². The number of benzene rings is 2. The summed E-state index contributed by atoms with van der Waals surface area (Å²) in [6.45, 7) is 0.219. The van der Waals surface area contributed by atoms with Crippen molar-refractivity contribution >= 4 is 35.4 Å². The van der Waals surface area contributed by atoms with Gasteiger partial charge < -0.3 is 20.9 Å². The molecule has 0 saturated heterocycles. The average molecular weight is 367 g/mol. The molecular formula is C16H16Cl2N4O2. The molecule has 0 fully saturated rings. The van der Waals surface area contributed by atoms with Gasteiger partial charge in [-0.15, -0.1) is 5.10 Å². The van der Waals surface area contributed by atoms with Crippen molar-refractivity contribution in [3.05, 3.63) is 57.6 Å². The van der Waals surface area contributed by atoms with Gasteiger partial charge in [0.2, 0.25) is 5.96 Å². The summed E-state index contributed by atoms with van der Waals surface area (Å²) < 4.78 is 11.1. The van der Waals surface area contributed by atoms with E-state index in [1.165, 1.54) is 6.21 Å². The van der Waals surface area contributed by atoms with Crippen LogP contribution in [0.3, 0.4) is 0 Å². The van der Waals surface area contributed by atoms with Crippen molar-refractivity contribution in [3.63, 3.8) is 0 Å². The fourth-order valence-electron chi connectivity index (χ4n) is 1.87. The van der Waals surface area contributed by atoms with Crippen LogP contribution in [0.2, 0.25) is 10.0 Å². The summed E-state index contributed by atoms with van der Waals surface area (Å²) in [5.41, 5.74) is 11.9. The highest BCUT2D eigenvalue weighted by Crippen LogP contribution is 2.31. The minimum Gasteiger partial charge on any atom is -0.493 e. The van der Waals surface area contributed by atoms with E-state index in [0.717, 1.165) is 5.56 Å². The van der Waals surface area contributed by atoms with Crippen LogP contribution in [0.15, 0.2) is 46.6 Å². The first kappa shape index (κ1) is 17.9. The highest BCUT2D eigenvalue weighted by Gasteiger charge is 2.09. The Morgan fingerprint density at radius 1 is 1.12 bits per heavy atom. The molecule has 0 bridgehead atoms. The molecule has 0 atom stereocenters. The van der Waals surface area contributed by atoms with Gasteiger partial charge in [0.25, 0.3) is 0 Å². The smallest absolute Gasteiger partial charge is 0.211 e. The summed E-state index contributed by atoms with van der Waals surface area (Å²) in [5, 5.41) is 8.37. The molecule has 8 heteroatoms. The maximum absolute atomic E-state index is 6.13. The second kappa shape index (κ2) is 8.42. The van der Waals surface area contributed by atoms with Crippen LogP contribution < -0.4 is 20.9 Å². The Morgan fingerprint density at radius 3 is 2.46 bits per heavy atom. The number of hydrogen-bond acceptors (Lipinski definition) is 4. The van der Waals surface area contributed by atoms with E-state index in [1.807, 2.05) is 0 Å². The first-order valence-electron chi connectivity index (χ1n) is 6.87. The fraction of sp³-hybridized carbons (Fsp3) is 0.125. The fourth-order valence-corrected chi connectivity index (χ4v) is 2.37. The lowest BCUT2D eigenvalue weighted by Crippen LogP contribution is -2.21. The molecule has 0 radical (unpaired) electrons. The Hall–Kier alpha value is -2.44. The first-order chi connectivity index (χ1) is 11.5. The lowest BCUT2D eigenvalue weighted by molar-refractivity contribution is 0.284. The van der Waals surface area contributed by atoms with Gasteiger partial charge in [-0.05, 0) is 35.9 Å². The lowest BCUT2D eigenvalue weighted by atomic mass is 10.2. The van der Waals surface area contributed by atoms with E-state index in [-0.39, 0.29) is 12.6 Å². The summed E-state index contributed by atoms with van der Waals surface area (Å²) in [6, 6.07) is 10.6. The van der Waals surface area contributed by atoms with Crippen LogP contribution in [-0.4, -0.2) is 19.3 Å². The Labute approximate surface area is 149 Å². The van der Waals surface area contributed by atoms with Crippen molar-refractivity contribution < 1.29 is 9.47 Å². The van der Waals surface area contributed by atoms with Gasteiger partial charge in [-0.1, -0.05) is 29.3 Å². The normalized spacial score (nSPS) is 10.6. The molecule has 2 aromatic carbocycles. The SMILES string of the molecule is COc1cc(C=NN=C(N)N)ccc1OCc1c(Cl)cccc1Cl. The van der Waals surface area contributed by atoms with Crippen molar-refractivity contribution in [1.82, 2.24) is 0 Å². The lowest BCUT2D eigenvalue weighted by Gasteiger charge is -2.13. The quantitative estimate of drug-likeness (QED) is 0.466. The molecule has 0 saturated carbocycles. The monoisotopic (exact) mass is 366 g/mol. The van der Waals surface area contributed by atoms with Crippen LogP contribution in [0.4, 0.5) is 0 Å². The van der Waals surface area contributed by atoms with E-state index in [1.54, 1.807) is 43.5 Å². The Morgan fingerprint density at radius 2 is 1.83 bits per heavy atom. The molecule has 0 aliphatic carbocycles. The van der Waals surface area contributed by atoms with E-state index in [9.17, 15) is 0 Å². The summed E-state index contributed by atoms with van der Waals surface area (Å²) in [5.74, 6) is 0.967. The molecule has 0 amide bonds. The predicted octanol–water partition coefficient (Wildman–Crippen LogP) is 3.19. The van der Waals surface area contributed by atoms with E-state index < -0.39 is 0 Å². The Kier molecular flexibility index (Phi) is 6.28. The van der Waals surface area contributed by atoms with Crippen molar-refractivity contribution in [2.24, 2.45) is 21.7 Å². The summed E-state index contributed by atoms with van der Waals surface area (Å²) in [4.78, 5) is 0. The number of nitrogens with zero attached hydrogens (tertiary/aromatic N) is 2. The van der Waals surface area contributed by atoms with Crippen LogP contribution in [0, 0.1) is 0 Å². The molecule has 2 aromatic rings. The number of hydrogen-bond donors (Lipinski definition) is 2. The molecule has 0 aromatic heterocycles.